The van der Waals surface area contributed by atoms with Crippen molar-refractivity contribution in [2.45, 2.75) is 13.3 Å². The highest BCUT2D eigenvalue weighted by Crippen LogP contribution is 2.32. The number of nitrogens with zero attached hydrogens (tertiary/aromatic N) is 1. The van der Waals surface area contributed by atoms with E-state index in [9.17, 15) is 17.6 Å². The maximum Gasteiger partial charge on any atom is 0.261 e. The van der Waals surface area contributed by atoms with E-state index in [4.69, 9.17) is 10.5 Å². The standard InChI is InChI=1S/C28H31F2N5O4S/c1-3-14-40(37,38)34-24-9-8-23(29)25(26(24)30)28(36)33-19(4-2)16-21-22(17-32-27(21)31)18-6-5-7-20(15-18)35-10-12-39-13-11-35/h4-9,15-17,32,34H,2-3,10-14,31H2,1H3,(H,33,36)/b19-16+. The lowest BCUT2D eigenvalue weighted by atomic mass is 10.0. The molecule has 12 heteroatoms. The topological polar surface area (TPSA) is 130 Å². The van der Waals surface area contributed by atoms with Crippen molar-refractivity contribution in [2.75, 3.05) is 47.4 Å². The van der Waals surface area contributed by atoms with Gasteiger partial charge in [-0.1, -0.05) is 25.6 Å². The summed E-state index contributed by atoms with van der Waals surface area (Å²) in [5.74, 6) is -3.56. The van der Waals surface area contributed by atoms with Gasteiger partial charge in [-0.3, -0.25) is 9.52 Å². The quantitative estimate of drug-likeness (QED) is 0.266. The fourth-order valence-electron chi connectivity index (χ4n) is 4.36. The Hall–Kier alpha value is -4.16. The summed E-state index contributed by atoms with van der Waals surface area (Å²) in [6.07, 6.45) is 4.87. The molecule has 0 bridgehead atoms. The molecular weight excluding hydrogens is 540 g/mol. The third-order valence-corrected chi connectivity index (χ3v) is 7.80. The lowest BCUT2D eigenvalue weighted by Crippen LogP contribution is -2.36. The summed E-state index contributed by atoms with van der Waals surface area (Å²) in [5.41, 5.74) is 8.02. The summed E-state index contributed by atoms with van der Waals surface area (Å²) in [4.78, 5) is 18.2. The lowest BCUT2D eigenvalue weighted by molar-refractivity contribution is 0.0959. The molecule has 1 amide bonds. The summed E-state index contributed by atoms with van der Waals surface area (Å²) in [6.45, 7) is 8.17. The van der Waals surface area contributed by atoms with Crippen LogP contribution in [-0.4, -0.2) is 51.4 Å². The first-order chi connectivity index (χ1) is 19.1. The molecule has 0 saturated carbocycles. The van der Waals surface area contributed by atoms with Crippen molar-refractivity contribution in [3.8, 4) is 11.1 Å². The molecule has 2 heterocycles. The van der Waals surface area contributed by atoms with E-state index in [-0.39, 0.29) is 11.4 Å². The molecule has 5 N–H and O–H groups in total. The Labute approximate surface area is 231 Å². The van der Waals surface area contributed by atoms with E-state index < -0.39 is 38.8 Å². The van der Waals surface area contributed by atoms with E-state index >= 15 is 4.39 Å². The molecule has 0 unspecified atom stereocenters. The maximum atomic E-state index is 15.1. The number of amides is 1. The summed E-state index contributed by atoms with van der Waals surface area (Å²) < 4.78 is 61.4. The molecule has 9 nitrogen and oxygen atoms in total. The summed E-state index contributed by atoms with van der Waals surface area (Å²) in [7, 11) is -3.87. The second-order valence-corrected chi connectivity index (χ2v) is 11.0. The van der Waals surface area contributed by atoms with Gasteiger partial charge in [0.15, 0.2) is 5.82 Å². The minimum atomic E-state index is -3.87. The van der Waals surface area contributed by atoms with Gasteiger partial charge < -0.3 is 25.7 Å². The number of carbonyl (C=O) groups is 1. The molecular formula is C28H31F2N5O4S. The van der Waals surface area contributed by atoms with E-state index in [2.05, 4.69) is 26.5 Å². The number of rotatable bonds is 10. The van der Waals surface area contributed by atoms with E-state index in [0.717, 1.165) is 42.0 Å². The van der Waals surface area contributed by atoms with Crippen molar-refractivity contribution in [3.05, 3.63) is 83.7 Å². The normalized spacial score (nSPS) is 14.2. The predicted octanol–water partition coefficient (Wildman–Crippen LogP) is 4.49. The van der Waals surface area contributed by atoms with Crippen LogP contribution in [0.25, 0.3) is 17.2 Å². The molecule has 2 aromatic carbocycles. The number of benzene rings is 2. The average Bonchev–Trinajstić information content (AvgIpc) is 3.30. The highest BCUT2D eigenvalue weighted by molar-refractivity contribution is 7.92. The first-order valence-corrected chi connectivity index (χ1v) is 14.3. The number of aromatic amines is 1. The Kier molecular flexibility index (Phi) is 8.90. The number of nitrogens with two attached hydrogens (primary N) is 1. The van der Waals surface area contributed by atoms with Gasteiger partial charge in [0.2, 0.25) is 10.0 Å². The van der Waals surface area contributed by atoms with E-state index in [0.29, 0.717) is 31.0 Å². The van der Waals surface area contributed by atoms with Crippen LogP contribution in [0.5, 0.6) is 0 Å². The van der Waals surface area contributed by atoms with Crippen LogP contribution in [0.2, 0.25) is 0 Å². The predicted molar refractivity (Wildman–Crippen MR) is 153 cm³/mol. The van der Waals surface area contributed by atoms with Crippen molar-refractivity contribution in [1.82, 2.24) is 10.3 Å². The Balaban J connectivity index is 1.63. The van der Waals surface area contributed by atoms with Crippen LogP contribution in [0, 0.1) is 11.6 Å². The number of carbonyl (C=O) groups excluding carboxylic acids is 1. The van der Waals surface area contributed by atoms with E-state index in [1.165, 1.54) is 12.2 Å². The SMILES string of the molecule is C=C/C(=C\c1c(-c2cccc(N3CCOCC3)c2)c[nH]c1N)NC(=O)c1c(F)ccc(NS(=O)(=O)CCC)c1F. The van der Waals surface area contributed by atoms with Gasteiger partial charge in [-0.05, 0) is 48.4 Å². The zero-order valence-electron chi connectivity index (χ0n) is 22.0. The van der Waals surface area contributed by atoms with Gasteiger partial charge in [0.05, 0.1) is 24.7 Å². The van der Waals surface area contributed by atoms with Crippen LogP contribution < -0.4 is 20.7 Å². The molecule has 0 aliphatic carbocycles. The van der Waals surface area contributed by atoms with Crippen molar-refractivity contribution in [3.63, 3.8) is 0 Å². The van der Waals surface area contributed by atoms with Crippen LogP contribution >= 0.6 is 0 Å². The van der Waals surface area contributed by atoms with Crippen LogP contribution in [0.3, 0.4) is 0 Å². The second kappa shape index (κ2) is 12.3. The van der Waals surface area contributed by atoms with Gasteiger partial charge >= 0.3 is 0 Å². The molecule has 1 aliphatic heterocycles. The Bertz CT molecular complexity index is 1550. The van der Waals surface area contributed by atoms with Crippen LogP contribution in [0.1, 0.15) is 29.3 Å². The molecule has 3 aromatic rings. The molecule has 1 aliphatic rings. The number of allylic oxidation sites excluding steroid dienone is 1. The van der Waals surface area contributed by atoms with Gasteiger partial charge in [-0.2, -0.15) is 0 Å². The number of anilines is 3. The molecule has 0 spiro atoms. The second-order valence-electron chi connectivity index (χ2n) is 9.14. The van der Waals surface area contributed by atoms with E-state index in [1.54, 1.807) is 13.1 Å². The lowest BCUT2D eigenvalue weighted by Gasteiger charge is -2.29. The summed E-state index contributed by atoms with van der Waals surface area (Å²) in [6, 6.07) is 9.63. The van der Waals surface area contributed by atoms with Crippen molar-refractivity contribution < 1.29 is 26.7 Å². The number of sulfonamides is 1. The Morgan fingerprint density at radius 2 is 1.98 bits per heavy atom. The third kappa shape index (κ3) is 6.52. The number of nitrogen functional groups attached to an aromatic ring is 1. The highest BCUT2D eigenvalue weighted by Gasteiger charge is 2.23. The molecule has 4 rings (SSSR count). The first kappa shape index (κ1) is 28.8. The Morgan fingerprint density at radius 3 is 2.67 bits per heavy atom. The molecule has 0 radical (unpaired) electrons. The summed E-state index contributed by atoms with van der Waals surface area (Å²) >= 11 is 0. The smallest absolute Gasteiger partial charge is 0.261 e. The van der Waals surface area contributed by atoms with Crippen LogP contribution in [-0.2, 0) is 14.8 Å². The monoisotopic (exact) mass is 571 g/mol. The first-order valence-electron chi connectivity index (χ1n) is 12.7. The fraction of sp³-hybridized carbons (Fsp3) is 0.250. The van der Waals surface area contributed by atoms with Gasteiger partial charge in [-0.15, -0.1) is 0 Å². The number of hydrogen-bond acceptors (Lipinski definition) is 6. The largest absolute Gasteiger partial charge is 0.385 e. The molecule has 0 atom stereocenters. The number of halogens is 2. The average molecular weight is 572 g/mol. The van der Waals surface area contributed by atoms with E-state index in [1.807, 2.05) is 24.3 Å². The minimum absolute atomic E-state index is 0.123. The maximum absolute atomic E-state index is 15.1. The molecule has 1 aromatic heterocycles. The van der Waals surface area contributed by atoms with Gasteiger partial charge in [0.25, 0.3) is 5.91 Å². The van der Waals surface area contributed by atoms with Gasteiger partial charge in [0.1, 0.15) is 17.2 Å². The van der Waals surface area contributed by atoms with Crippen LogP contribution in [0.4, 0.5) is 26.0 Å². The zero-order valence-corrected chi connectivity index (χ0v) is 22.8. The minimum Gasteiger partial charge on any atom is -0.385 e. The Morgan fingerprint density at radius 1 is 1.23 bits per heavy atom. The molecule has 212 valence electrons. The van der Waals surface area contributed by atoms with Crippen molar-refractivity contribution in [1.29, 1.82) is 0 Å². The number of hydrogen-bond donors (Lipinski definition) is 4. The number of aromatic nitrogens is 1. The zero-order chi connectivity index (χ0) is 28.9. The number of nitrogens with one attached hydrogen (secondary N) is 3. The highest BCUT2D eigenvalue weighted by atomic mass is 32.2. The van der Waals surface area contributed by atoms with Crippen molar-refractivity contribution in [2.24, 2.45) is 0 Å². The van der Waals surface area contributed by atoms with Gasteiger partial charge in [0, 0.05) is 41.8 Å². The van der Waals surface area contributed by atoms with Gasteiger partial charge in [-0.25, -0.2) is 17.2 Å². The number of morpholine rings is 1. The molecule has 1 fully saturated rings. The number of ether oxygens (including phenoxy) is 1. The van der Waals surface area contributed by atoms with Crippen LogP contribution in [0.15, 0.2) is 60.9 Å². The van der Waals surface area contributed by atoms with Crippen molar-refractivity contribution >= 4 is 39.2 Å². The number of H-pyrrole nitrogens is 1. The third-order valence-electron chi connectivity index (χ3n) is 6.32. The molecule has 1 saturated heterocycles. The molecule has 40 heavy (non-hydrogen) atoms. The fourth-order valence-corrected chi connectivity index (χ4v) is 5.49. The summed E-state index contributed by atoms with van der Waals surface area (Å²) in [5, 5.41) is 2.44.